The molecule has 0 aliphatic carbocycles. The van der Waals surface area contributed by atoms with E-state index in [0.29, 0.717) is 6.54 Å². The third-order valence-electron chi connectivity index (χ3n) is 4.28. The summed E-state index contributed by atoms with van der Waals surface area (Å²) in [5.74, 6) is 0.0451. The van der Waals surface area contributed by atoms with E-state index in [1.807, 2.05) is 27.7 Å². The maximum absolute atomic E-state index is 12.6. The van der Waals surface area contributed by atoms with Crippen molar-refractivity contribution in [3.8, 4) is 0 Å². The molecule has 0 saturated carbocycles. The molecule has 1 heterocycles. The van der Waals surface area contributed by atoms with Gasteiger partial charge in [0.1, 0.15) is 12.1 Å². The van der Waals surface area contributed by atoms with Crippen LogP contribution in [-0.4, -0.2) is 35.3 Å². The summed E-state index contributed by atoms with van der Waals surface area (Å²) < 4.78 is 0. The second-order valence-corrected chi connectivity index (χ2v) is 7.28. The standard InChI is InChI=1S/C17H32N2O2/c1-6-7-8-9-10-11-12-19-13(2)15(20)18-14(16(19)21)17(3,4)5/h13-14H,6-12H2,1-5H3,(H,18,20). The number of carbonyl (C=O) groups excluding carboxylic acids is 2. The maximum atomic E-state index is 12.6. The highest BCUT2D eigenvalue weighted by Gasteiger charge is 2.43. The number of unbranched alkanes of at least 4 members (excludes halogenated alkanes) is 5. The van der Waals surface area contributed by atoms with Crippen molar-refractivity contribution in [1.82, 2.24) is 10.2 Å². The van der Waals surface area contributed by atoms with E-state index in [1.165, 1.54) is 25.7 Å². The van der Waals surface area contributed by atoms with Gasteiger partial charge in [-0.15, -0.1) is 0 Å². The highest BCUT2D eigenvalue weighted by Crippen LogP contribution is 2.25. The molecule has 1 aliphatic heterocycles. The van der Waals surface area contributed by atoms with Crippen molar-refractivity contribution >= 4 is 11.8 Å². The molecule has 1 aliphatic rings. The van der Waals surface area contributed by atoms with Crippen LogP contribution in [0, 0.1) is 5.41 Å². The molecule has 122 valence electrons. The molecule has 2 atom stereocenters. The van der Waals surface area contributed by atoms with E-state index < -0.39 is 6.04 Å². The summed E-state index contributed by atoms with van der Waals surface area (Å²) in [6, 6.07) is -0.743. The molecule has 1 rings (SSSR count). The van der Waals surface area contributed by atoms with Gasteiger partial charge in [-0.25, -0.2) is 0 Å². The van der Waals surface area contributed by atoms with Gasteiger partial charge in [-0.2, -0.15) is 0 Å². The number of piperazine rings is 1. The molecule has 1 N–H and O–H groups in total. The summed E-state index contributed by atoms with van der Waals surface area (Å²) in [7, 11) is 0. The summed E-state index contributed by atoms with van der Waals surface area (Å²) in [5.41, 5.74) is -0.244. The van der Waals surface area contributed by atoms with Gasteiger partial charge in [-0.05, 0) is 18.8 Å². The van der Waals surface area contributed by atoms with E-state index in [0.717, 1.165) is 12.8 Å². The Labute approximate surface area is 129 Å². The van der Waals surface area contributed by atoms with Gasteiger partial charge in [0.2, 0.25) is 11.8 Å². The number of hydrogen-bond acceptors (Lipinski definition) is 2. The molecular formula is C17H32N2O2. The lowest BCUT2D eigenvalue weighted by Gasteiger charge is -2.42. The Bertz CT molecular complexity index is 360. The van der Waals surface area contributed by atoms with E-state index >= 15 is 0 Å². The zero-order chi connectivity index (χ0) is 16.0. The summed E-state index contributed by atoms with van der Waals surface area (Å²) in [6.07, 6.45) is 7.15. The van der Waals surface area contributed by atoms with Crippen LogP contribution in [0.4, 0.5) is 0 Å². The second-order valence-electron chi connectivity index (χ2n) is 7.28. The summed E-state index contributed by atoms with van der Waals surface area (Å²) in [5, 5.41) is 2.87. The van der Waals surface area contributed by atoms with Crippen LogP contribution in [0.15, 0.2) is 0 Å². The quantitative estimate of drug-likeness (QED) is 0.734. The normalized spacial score (nSPS) is 23.4. The molecule has 0 aromatic heterocycles. The number of rotatable bonds is 7. The SMILES string of the molecule is CCCCCCCCN1C(=O)C(C(C)(C)C)NC(=O)C1C. The molecule has 0 spiro atoms. The average molecular weight is 296 g/mol. The first-order chi connectivity index (χ1) is 9.79. The van der Waals surface area contributed by atoms with Crippen molar-refractivity contribution in [3.63, 3.8) is 0 Å². The Hall–Kier alpha value is -1.06. The zero-order valence-corrected chi connectivity index (χ0v) is 14.4. The second kappa shape index (κ2) is 7.81. The topological polar surface area (TPSA) is 49.4 Å². The Morgan fingerprint density at radius 1 is 1.05 bits per heavy atom. The van der Waals surface area contributed by atoms with E-state index in [1.54, 1.807) is 4.90 Å². The van der Waals surface area contributed by atoms with Gasteiger partial charge in [0.25, 0.3) is 0 Å². The monoisotopic (exact) mass is 296 g/mol. The number of amides is 2. The van der Waals surface area contributed by atoms with E-state index in [9.17, 15) is 9.59 Å². The molecule has 2 unspecified atom stereocenters. The van der Waals surface area contributed by atoms with Crippen LogP contribution in [0.25, 0.3) is 0 Å². The fourth-order valence-corrected chi connectivity index (χ4v) is 2.78. The molecule has 0 radical (unpaired) electrons. The molecule has 1 saturated heterocycles. The van der Waals surface area contributed by atoms with Crippen LogP contribution in [0.5, 0.6) is 0 Å². The fourth-order valence-electron chi connectivity index (χ4n) is 2.78. The minimum absolute atomic E-state index is 0.0273. The van der Waals surface area contributed by atoms with Gasteiger partial charge >= 0.3 is 0 Å². The summed E-state index contributed by atoms with van der Waals surface area (Å²) in [6.45, 7) is 10.7. The van der Waals surface area contributed by atoms with Crippen LogP contribution in [0.1, 0.15) is 73.1 Å². The van der Waals surface area contributed by atoms with Gasteiger partial charge in [-0.1, -0.05) is 59.8 Å². The predicted molar refractivity (Wildman–Crippen MR) is 85.9 cm³/mol. The van der Waals surface area contributed by atoms with E-state index in [4.69, 9.17) is 0 Å². The first-order valence-corrected chi connectivity index (χ1v) is 8.40. The van der Waals surface area contributed by atoms with E-state index in [2.05, 4.69) is 12.2 Å². The van der Waals surface area contributed by atoms with Crippen LogP contribution < -0.4 is 5.32 Å². The minimum atomic E-state index is -0.402. The number of nitrogens with one attached hydrogen (secondary N) is 1. The van der Waals surface area contributed by atoms with Crippen molar-refractivity contribution in [2.45, 2.75) is 85.2 Å². The molecule has 4 nitrogen and oxygen atoms in total. The van der Waals surface area contributed by atoms with Gasteiger partial charge in [0.05, 0.1) is 0 Å². The smallest absolute Gasteiger partial charge is 0.246 e. The molecular weight excluding hydrogens is 264 g/mol. The van der Waals surface area contributed by atoms with Crippen molar-refractivity contribution in [1.29, 1.82) is 0 Å². The van der Waals surface area contributed by atoms with Gasteiger partial charge in [-0.3, -0.25) is 9.59 Å². The Morgan fingerprint density at radius 2 is 1.62 bits per heavy atom. The molecule has 1 fully saturated rings. The third kappa shape index (κ3) is 5.01. The summed E-state index contributed by atoms with van der Waals surface area (Å²) in [4.78, 5) is 26.5. The van der Waals surface area contributed by atoms with Gasteiger partial charge in [0.15, 0.2) is 0 Å². The lowest BCUT2D eigenvalue weighted by atomic mass is 9.84. The fraction of sp³-hybridized carbons (Fsp3) is 0.882. The zero-order valence-electron chi connectivity index (χ0n) is 14.4. The van der Waals surface area contributed by atoms with Crippen molar-refractivity contribution < 1.29 is 9.59 Å². The van der Waals surface area contributed by atoms with Gasteiger partial charge in [0, 0.05) is 6.54 Å². The summed E-state index contributed by atoms with van der Waals surface area (Å²) >= 11 is 0. The largest absolute Gasteiger partial charge is 0.342 e. The molecule has 2 amide bonds. The minimum Gasteiger partial charge on any atom is -0.342 e. The molecule has 0 bridgehead atoms. The van der Waals surface area contributed by atoms with Crippen LogP contribution in [0.2, 0.25) is 0 Å². The third-order valence-corrected chi connectivity index (χ3v) is 4.28. The van der Waals surface area contributed by atoms with Crippen molar-refractivity contribution in [2.75, 3.05) is 6.54 Å². The number of nitrogens with zero attached hydrogens (tertiary/aromatic N) is 1. The van der Waals surface area contributed by atoms with Crippen LogP contribution in [0.3, 0.4) is 0 Å². The Balaban J connectivity index is 2.53. The predicted octanol–water partition coefficient (Wildman–Crippen LogP) is 3.11. The first-order valence-electron chi connectivity index (χ1n) is 8.40. The molecule has 4 heteroatoms. The van der Waals surface area contributed by atoms with Crippen molar-refractivity contribution in [2.24, 2.45) is 5.41 Å². The van der Waals surface area contributed by atoms with Crippen LogP contribution in [-0.2, 0) is 9.59 Å². The molecule has 0 aromatic rings. The Kier molecular flexibility index (Phi) is 6.69. The maximum Gasteiger partial charge on any atom is 0.246 e. The average Bonchev–Trinajstić information content (AvgIpc) is 2.40. The lowest BCUT2D eigenvalue weighted by molar-refractivity contribution is -0.151. The van der Waals surface area contributed by atoms with Crippen molar-refractivity contribution in [3.05, 3.63) is 0 Å². The highest BCUT2D eigenvalue weighted by atomic mass is 16.2. The van der Waals surface area contributed by atoms with Crippen LogP contribution >= 0.6 is 0 Å². The Morgan fingerprint density at radius 3 is 2.19 bits per heavy atom. The molecule has 21 heavy (non-hydrogen) atoms. The van der Waals surface area contributed by atoms with E-state index in [-0.39, 0.29) is 23.3 Å². The highest BCUT2D eigenvalue weighted by molar-refractivity contribution is 5.97. The van der Waals surface area contributed by atoms with Gasteiger partial charge < -0.3 is 10.2 Å². The number of carbonyl (C=O) groups is 2. The molecule has 0 aromatic carbocycles. The first kappa shape index (κ1) is 18.0. The lowest BCUT2D eigenvalue weighted by Crippen LogP contribution is -2.65. The number of hydrogen-bond donors (Lipinski definition) is 1.